The monoisotopic (exact) mass is 442 g/mol. The molecule has 1 fully saturated rings. The van der Waals surface area contributed by atoms with E-state index in [1.165, 1.54) is 4.31 Å². The van der Waals surface area contributed by atoms with Crippen LogP contribution in [-0.2, 0) is 0 Å². The number of thiol groups is 1. The second-order valence-corrected chi connectivity index (χ2v) is 8.08. The number of rotatable bonds is 4. The molecule has 1 N–H and O–H groups in total. The third-order valence-electron chi connectivity index (χ3n) is 5.38. The maximum absolute atomic E-state index is 12.6. The molecule has 3 aromatic rings. The van der Waals surface area contributed by atoms with Gasteiger partial charge in [0.2, 0.25) is 0 Å². The lowest BCUT2D eigenvalue weighted by atomic mass is 10.0. The Morgan fingerprint density at radius 1 is 1.20 bits per heavy atom. The van der Waals surface area contributed by atoms with E-state index in [1.807, 2.05) is 54.7 Å². The molecule has 1 aliphatic rings. The van der Waals surface area contributed by atoms with Gasteiger partial charge in [0.05, 0.1) is 12.6 Å². The number of anilines is 2. The molecule has 2 heterocycles. The summed E-state index contributed by atoms with van der Waals surface area (Å²) in [6.45, 7) is 1.67. The van der Waals surface area contributed by atoms with E-state index < -0.39 is 0 Å². The van der Waals surface area contributed by atoms with Crippen LogP contribution in [0.3, 0.4) is 0 Å². The molecule has 0 saturated carbocycles. The summed E-state index contributed by atoms with van der Waals surface area (Å²) in [5.74, 6) is 0.744. The van der Waals surface area contributed by atoms with Gasteiger partial charge < -0.3 is 15.0 Å². The van der Waals surface area contributed by atoms with Crippen LogP contribution in [0.15, 0.2) is 54.7 Å². The number of pyridine rings is 1. The van der Waals surface area contributed by atoms with E-state index in [-0.39, 0.29) is 12.1 Å². The van der Waals surface area contributed by atoms with Gasteiger partial charge in [0, 0.05) is 47.1 Å². The van der Waals surface area contributed by atoms with Crippen molar-refractivity contribution in [1.82, 2.24) is 9.29 Å². The van der Waals surface area contributed by atoms with Crippen molar-refractivity contribution in [2.24, 2.45) is 0 Å². The highest BCUT2D eigenvalue weighted by atomic mass is 35.5. The van der Waals surface area contributed by atoms with E-state index in [9.17, 15) is 4.79 Å². The number of ether oxygens (including phenoxy) is 1. The Bertz CT molecular complexity index is 1040. The maximum Gasteiger partial charge on any atom is 0.331 e. The van der Waals surface area contributed by atoms with E-state index >= 15 is 0 Å². The zero-order chi connectivity index (χ0) is 21.1. The van der Waals surface area contributed by atoms with Gasteiger partial charge in [-0.1, -0.05) is 24.4 Å². The molecule has 1 aliphatic heterocycles. The summed E-state index contributed by atoms with van der Waals surface area (Å²) in [6.07, 6.45) is 3.47. The molecular formula is C22H23ClN4O2S. The Kier molecular flexibility index (Phi) is 6.20. The lowest BCUT2D eigenvalue weighted by molar-refractivity contribution is 0.223. The third-order valence-corrected chi connectivity index (χ3v) is 6.13. The highest BCUT2D eigenvalue weighted by Gasteiger charge is 2.27. The number of aromatic nitrogens is 1. The lowest BCUT2D eigenvalue weighted by Gasteiger charge is -2.37. The number of nitrogens with one attached hydrogen (secondary N) is 1. The summed E-state index contributed by atoms with van der Waals surface area (Å²) in [5.41, 5.74) is 2.74. The first kappa shape index (κ1) is 20.6. The van der Waals surface area contributed by atoms with Gasteiger partial charge in [0.25, 0.3) is 0 Å². The topological polar surface area (TPSA) is 57.7 Å². The second-order valence-electron chi connectivity index (χ2n) is 7.21. The molecule has 8 heteroatoms. The van der Waals surface area contributed by atoms with E-state index in [1.54, 1.807) is 7.11 Å². The van der Waals surface area contributed by atoms with Gasteiger partial charge in [-0.05, 0) is 61.4 Å². The standard InChI is InChI=1S/C22H23ClN4O2S/c1-29-18-5-3-16(4-6-18)25-22(28)27(30)17-9-12-26(13-10-17)21-8-11-24-20-14-15(23)2-7-19(20)21/h2-8,11,14,17,30H,9-10,12-13H2,1H3,(H,25,28). The number of carbonyl (C=O) groups is 1. The number of piperidine rings is 1. The lowest BCUT2D eigenvalue weighted by Crippen LogP contribution is -2.44. The van der Waals surface area contributed by atoms with Gasteiger partial charge in [-0.25, -0.2) is 4.79 Å². The third kappa shape index (κ3) is 4.42. The number of halogens is 1. The van der Waals surface area contributed by atoms with Crippen molar-refractivity contribution in [3.05, 3.63) is 59.8 Å². The highest BCUT2D eigenvalue weighted by Crippen LogP contribution is 2.30. The number of amides is 2. The number of urea groups is 1. The normalized spacial score (nSPS) is 14.6. The predicted molar refractivity (Wildman–Crippen MR) is 125 cm³/mol. The molecule has 0 aliphatic carbocycles. The highest BCUT2D eigenvalue weighted by molar-refractivity contribution is 7.78. The number of hydrogen-bond donors (Lipinski definition) is 2. The average Bonchev–Trinajstić information content (AvgIpc) is 2.78. The largest absolute Gasteiger partial charge is 0.497 e. The Labute approximate surface area is 186 Å². The maximum atomic E-state index is 12.6. The summed E-state index contributed by atoms with van der Waals surface area (Å²) in [4.78, 5) is 19.4. The molecule has 0 bridgehead atoms. The quantitative estimate of drug-likeness (QED) is 0.542. The molecule has 0 spiro atoms. The molecule has 2 aromatic carbocycles. The van der Waals surface area contributed by atoms with Gasteiger partial charge in [-0.3, -0.25) is 9.29 Å². The zero-order valence-electron chi connectivity index (χ0n) is 16.6. The molecule has 1 aromatic heterocycles. The Hall–Kier alpha value is -2.64. The number of fused-ring (bicyclic) bond motifs is 1. The van der Waals surface area contributed by atoms with Crippen LogP contribution in [0.4, 0.5) is 16.2 Å². The summed E-state index contributed by atoms with van der Waals surface area (Å²) in [7, 11) is 1.61. The number of benzene rings is 2. The van der Waals surface area contributed by atoms with Crippen LogP contribution in [0.1, 0.15) is 12.8 Å². The smallest absolute Gasteiger partial charge is 0.331 e. The van der Waals surface area contributed by atoms with Crippen molar-refractivity contribution >= 4 is 52.7 Å². The van der Waals surface area contributed by atoms with Crippen LogP contribution in [0.25, 0.3) is 10.9 Å². The van der Waals surface area contributed by atoms with Crippen LogP contribution in [0.5, 0.6) is 5.75 Å². The second kappa shape index (κ2) is 9.02. The minimum absolute atomic E-state index is 0.0605. The molecule has 2 amide bonds. The molecule has 1 saturated heterocycles. The fraction of sp³-hybridized carbons (Fsp3) is 0.273. The zero-order valence-corrected chi connectivity index (χ0v) is 18.2. The summed E-state index contributed by atoms with van der Waals surface area (Å²) < 4.78 is 6.65. The molecule has 4 rings (SSSR count). The molecule has 0 atom stereocenters. The fourth-order valence-electron chi connectivity index (χ4n) is 3.75. The van der Waals surface area contributed by atoms with Crippen molar-refractivity contribution in [3.8, 4) is 5.75 Å². The number of carbonyl (C=O) groups excluding carboxylic acids is 1. The van der Waals surface area contributed by atoms with E-state index in [0.29, 0.717) is 10.7 Å². The van der Waals surface area contributed by atoms with Gasteiger partial charge in [-0.15, -0.1) is 0 Å². The van der Waals surface area contributed by atoms with E-state index in [0.717, 1.165) is 48.3 Å². The predicted octanol–water partition coefficient (Wildman–Crippen LogP) is 5.24. The van der Waals surface area contributed by atoms with Crippen LogP contribution < -0.4 is 15.0 Å². The van der Waals surface area contributed by atoms with Crippen LogP contribution in [0.2, 0.25) is 5.02 Å². The van der Waals surface area contributed by atoms with Crippen LogP contribution >= 0.6 is 24.4 Å². The molecule has 0 unspecified atom stereocenters. The number of nitrogens with zero attached hydrogens (tertiary/aromatic N) is 3. The minimum Gasteiger partial charge on any atom is -0.497 e. The fourth-order valence-corrected chi connectivity index (χ4v) is 4.20. The van der Waals surface area contributed by atoms with Crippen molar-refractivity contribution in [2.45, 2.75) is 18.9 Å². The molecule has 30 heavy (non-hydrogen) atoms. The number of methoxy groups -OCH3 is 1. The summed E-state index contributed by atoms with van der Waals surface area (Å²) in [6, 6.07) is 14.9. The average molecular weight is 443 g/mol. The first-order valence-corrected chi connectivity index (χ1v) is 10.6. The molecular weight excluding hydrogens is 420 g/mol. The Morgan fingerprint density at radius 2 is 1.93 bits per heavy atom. The Balaban J connectivity index is 1.38. The van der Waals surface area contributed by atoms with Crippen molar-refractivity contribution in [3.63, 3.8) is 0 Å². The van der Waals surface area contributed by atoms with Gasteiger partial charge in [0.1, 0.15) is 5.75 Å². The molecule has 6 nitrogen and oxygen atoms in total. The summed E-state index contributed by atoms with van der Waals surface area (Å²) in [5, 5.41) is 4.65. The first-order valence-electron chi connectivity index (χ1n) is 9.77. The van der Waals surface area contributed by atoms with E-state index in [4.69, 9.17) is 16.3 Å². The van der Waals surface area contributed by atoms with Crippen molar-refractivity contribution < 1.29 is 9.53 Å². The van der Waals surface area contributed by atoms with Gasteiger partial charge in [0.15, 0.2) is 0 Å². The van der Waals surface area contributed by atoms with Crippen molar-refractivity contribution in [1.29, 1.82) is 0 Å². The Morgan fingerprint density at radius 3 is 2.63 bits per heavy atom. The van der Waals surface area contributed by atoms with Crippen LogP contribution in [0, 0.1) is 0 Å². The molecule has 156 valence electrons. The van der Waals surface area contributed by atoms with E-state index in [2.05, 4.69) is 28.0 Å². The van der Waals surface area contributed by atoms with Crippen LogP contribution in [-0.4, -0.2) is 41.6 Å². The SMILES string of the molecule is COc1ccc(NC(=O)N(S)C2CCN(c3ccnc4cc(Cl)ccc34)CC2)cc1. The van der Waals surface area contributed by atoms with Crippen molar-refractivity contribution in [2.75, 3.05) is 30.4 Å². The summed E-state index contributed by atoms with van der Waals surface area (Å²) >= 11 is 10.6. The first-order chi connectivity index (χ1) is 14.5. The minimum atomic E-state index is -0.231. The van der Waals surface area contributed by atoms with Gasteiger partial charge in [-0.2, -0.15) is 0 Å². The molecule has 0 radical (unpaired) electrons. The van der Waals surface area contributed by atoms with Gasteiger partial charge >= 0.3 is 6.03 Å². The number of hydrogen-bond acceptors (Lipinski definition) is 5.